The molecule has 1 unspecified atom stereocenters. The Balaban J connectivity index is 0.000000561. The second kappa shape index (κ2) is 5.76. The fraction of sp³-hybridized carbons (Fsp3) is 0.545. The molecule has 0 aromatic heterocycles. The van der Waals surface area contributed by atoms with Crippen LogP contribution in [0.3, 0.4) is 0 Å². The van der Waals surface area contributed by atoms with Gasteiger partial charge in [-0.05, 0) is 6.92 Å². The Morgan fingerprint density at radius 1 is 1.50 bits per heavy atom. The molecule has 0 amide bonds. The minimum atomic E-state index is 0.0741. The molecule has 0 radical (unpaired) electrons. The van der Waals surface area contributed by atoms with Crippen LogP contribution in [0.2, 0.25) is 0 Å². The summed E-state index contributed by atoms with van der Waals surface area (Å²) in [5.74, 6) is 0.387. The zero-order valence-electron chi connectivity index (χ0n) is 8.42. The van der Waals surface area contributed by atoms with Crippen LogP contribution < -0.4 is 0 Å². The van der Waals surface area contributed by atoms with E-state index >= 15 is 0 Å². The van der Waals surface area contributed by atoms with Gasteiger partial charge in [-0.2, -0.15) is 0 Å². The highest BCUT2D eigenvalue weighted by atomic mass is 16.1. The molecule has 1 atom stereocenters. The zero-order valence-corrected chi connectivity index (χ0v) is 8.42. The summed E-state index contributed by atoms with van der Waals surface area (Å²) in [7, 11) is 0. The molecule has 0 heterocycles. The third-order valence-electron chi connectivity index (χ3n) is 1.73. The van der Waals surface area contributed by atoms with Crippen LogP contribution in [-0.4, -0.2) is 5.78 Å². The summed E-state index contributed by atoms with van der Waals surface area (Å²) in [5, 5.41) is 0. The monoisotopic (exact) mass is 166 g/mol. The molecule has 1 heteroatoms. The fourth-order valence-electron chi connectivity index (χ4n) is 1.09. The van der Waals surface area contributed by atoms with Gasteiger partial charge in [0.25, 0.3) is 0 Å². The molecule has 0 bridgehead atoms. The van der Waals surface area contributed by atoms with Crippen molar-refractivity contribution >= 4 is 5.78 Å². The molecule has 1 aliphatic carbocycles. The van der Waals surface area contributed by atoms with Gasteiger partial charge in [-0.3, -0.25) is 4.79 Å². The molecule has 1 nitrogen and oxygen atoms in total. The highest BCUT2D eigenvalue weighted by Crippen LogP contribution is 2.16. The van der Waals surface area contributed by atoms with Gasteiger partial charge in [0, 0.05) is 6.42 Å². The van der Waals surface area contributed by atoms with Crippen molar-refractivity contribution in [3.63, 3.8) is 0 Å². The molecular formula is C11H18O. The maximum absolute atomic E-state index is 11.1. The van der Waals surface area contributed by atoms with Crippen molar-refractivity contribution in [3.8, 4) is 0 Å². The van der Waals surface area contributed by atoms with E-state index < -0.39 is 0 Å². The van der Waals surface area contributed by atoms with E-state index in [1.807, 2.05) is 45.9 Å². The fourth-order valence-corrected chi connectivity index (χ4v) is 1.09. The molecule has 0 aliphatic heterocycles. The molecular weight excluding hydrogens is 148 g/mol. The van der Waals surface area contributed by atoms with Crippen LogP contribution in [-0.2, 0) is 4.79 Å². The Morgan fingerprint density at radius 3 is 2.42 bits per heavy atom. The van der Waals surface area contributed by atoms with Crippen molar-refractivity contribution < 1.29 is 4.79 Å². The van der Waals surface area contributed by atoms with Crippen LogP contribution in [0.1, 0.15) is 34.1 Å². The van der Waals surface area contributed by atoms with E-state index in [9.17, 15) is 4.79 Å². The first-order valence-corrected chi connectivity index (χ1v) is 4.63. The van der Waals surface area contributed by atoms with Gasteiger partial charge in [0.2, 0.25) is 0 Å². The SMILES string of the molecule is CC.CCC(=O)C1C=CC(C)=C1. The molecule has 1 aliphatic rings. The summed E-state index contributed by atoms with van der Waals surface area (Å²) in [5.41, 5.74) is 1.20. The molecule has 1 rings (SSSR count). The molecule has 12 heavy (non-hydrogen) atoms. The number of hydrogen-bond donors (Lipinski definition) is 0. The first-order chi connectivity index (χ1) is 5.74. The van der Waals surface area contributed by atoms with Crippen molar-refractivity contribution in [2.24, 2.45) is 5.92 Å². The van der Waals surface area contributed by atoms with Gasteiger partial charge in [-0.25, -0.2) is 0 Å². The minimum Gasteiger partial charge on any atom is -0.299 e. The molecule has 0 fully saturated rings. The number of hydrogen-bond acceptors (Lipinski definition) is 1. The zero-order chi connectivity index (χ0) is 9.56. The Labute approximate surface area is 75.2 Å². The van der Waals surface area contributed by atoms with Gasteiger partial charge < -0.3 is 0 Å². The summed E-state index contributed by atoms with van der Waals surface area (Å²) in [4.78, 5) is 11.1. The van der Waals surface area contributed by atoms with Crippen LogP contribution >= 0.6 is 0 Å². The number of allylic oxidation sites excluding steroid dienone is 4. The molecule has 0 aromatic carbocycles. The molecule has 0 saturated heterocycles. The van der Waals surface area contributed by atoms with E-state index in [1.54, 1.807) is 0 Å². The molecule has 0 N–H and O–H groups in total. The van der Waals surface area contributed by atoms with Gasteiger partial charge in [-0.15, -0.1) is 0 Å². The largest absolute Gasteiger partial charge is 0.299 e. The number of ketones is 1. The van der Waals surface area contributed by atoms with Crippen molar-refractivity contribution in [1.82, 2.24) is 0 Å². The standard InChI is InChI=1S/C9H12O.C2H6/c1-3-9(10)8-5-4-7(2)6-8;1-2/h4-6,8H,3H2,1-2H3;1-2H3. The first-order valence-electron chi connectivity index (χ1n) is 4.63. The Hall–Kier alpha value is -0.850. The normalized spacial score (nSPS) is 19.7. The van der Waals surface area contributed by atoms with Gasteiger partial charge >= 0.3 is 0 Å². The van der Waals surface area contributed by atoms with Gasteiger partial charge in [0.1, 0.15) is 5.78 Å². The summed E-state index contributed by atoms with van der Waals surface area (Å²) < 4.78 is 0. The number of carbonyl (C=O) groups is 1. The lowest BCUT2D eigenvalue weighted by Gasteiger charge is -1.98. The number of rotatable bonds is 2. The second-order valence-corrected chi connectivity index (χ2v) is 2.62. The van der Waals surface area contributed by atoms with Crippen molar-refractivity contribution in [3.05, 3.63) is 23.8 Å². The topological polar surface area (TPSA) is 17.1 Å². The summed E-state index contributed by atoms with van der Waals surface area (Å²) in [6.07, 6.45) is 6.60. The van der Waals surface area contributed by atoms with Crippen LogP contribution in [0.25, 0.3) is 0 Å². The quantitative estimate of drug-likeness (QED) is 0.616. The highest BCUT2D eigenvalue weighted by molar-refractivity contribution is 5.85. The highest BCUT2D eigenvalue weighted by Gasteiger charge is 2.13. The predicted molar refractivity (Wildman–Crippen MR) is 53.0 cm³/mol. The smallest absolute Gasteiger partial charge is 0.143 e. The van der Waals surface area contributed by atoms with Crippen molar-refractivity contribution in [1.29, 1.82) is 0 Å². The average molecular weight is 166 g/mol. The van der Waals surface area contributed by atoms with Crippen molar-refractivity contribution in [2.75, 3.05) is 0 Å². The molecule has 0 saturated carbocycles. The lowest BCUT2D eigenvalue weighted by Crippen LogP contribution is -2.05. The Bertz CT molecular complexity index is 199. The first kappa shape index (κ1) is 11.2. The maximum Gasteiger partial charge on any atom is 0.143 e. The Morgan fingerprint density at radius 2 is 2.08 bits per heavy atom. The van der Waals surface area contributed by atoms with E-state index in [0.717, 1.165) is 0 Å². The maximum atomic E-state index is 11.1. The summed E-state index contributed by atoms with van der Waals surface area (Å²) in [6.45, 7) is 7.91. The van der Waals surface area contributed by atoms with Crippen LogP contribution in [0, 0.1) is 5.92 Å². The van der Waals surface area contributed by atoms with E-state index in [1.165, 1.54) is 5.57 Å². The predicted octanol–water partition coefficient (Wildman–Crippen LogP) is 3.12. The average Bonchev–Trinajstić information content (AvgIpc) is 2.54. The lowest BCUT2D eigenvalue weighted by molar-refractivity contribution is -0.120. The Kier molecular flexibility index (Phi) is 5.35. The van der Waals surface area contributed by atoms with Gasteiger partial charge in [0.15, 0.2) is 0 Å². The summed E-state index contributed by atoms with van der Waals surface area (Å²) in [6, 6.07) is 0. The number of Topliss-reactive ketones (excluding diaryl/α,β-unsaturated/α-hetero) is 1. The lowest BCUT2D eigenvalue weighted by atomic mass is 10.0. The van der Waals surface area contributed by atoms with E-state index in [-0.39, 0.29) is 5.92 Å². The van der Waals surface area contributed by atoms with Gasteiger partial charge in [0.05, 0.1) is 5.92 Å². The van der Waals surface area contributed by atoms with E-state index in [2.05, 4.69) is 0 Å². The summed E-state index contributed by atoms with van der Waals surface area (Å²) >= 11 is 0. The van der Waals surface area contributed by atoms with Crippen LogP contribution in [0.5, 0.6) is 0 Å². The molecule has 0 aromatic rings. The number of carbonyl (C=O) groups excluding carboxylic acids is 1. The molecule has 68 valence electrons. The second-order valence-electron chi connectivity index (χ2n) is 2.62. The van der Waals surface area contributed by atoms with E-state index in [4.69, 9.17) is 0 Å². The van der Waals surface area contributed by atoms with E-state index in [0.29, 0.717) is 12.2 Å². The van der Waals surface area contributed by atoms with Gasteiger partial charge in [-0.1, -0.05) is 44.6 Å². The third kappa shape index (κ3) is 3.04. The van der Waals surface area contributed by atoms with Crippen LogP contribution in [0.15, 0.2) is 23.8 Å². The van der Waals surface area contributed by atoms with Crippen molar-refractivity contribution in [2.45, 2.75) is 34.1 Å². The third-order valence-corrected chi connectivity index (χ3v) is 1.73. The van der Waals surface area contributed by atoms with Crippen LogP contribution in [0.4, 0.5) is 0 Å². The minimum absolute atomic E-state index is 0.0741. The molecule has 0 spiro atoms.